The average molecular weight is 595 g/mol. The smallest absolute Gasteiger partial charge is 0.311 e. The van der Waals surface area contributed by atoms with Crippen LogP contribution in [-0.2, 0) is 4.79 Å². The summed E-state index contributed by atoms with van der Waals surface area (Å²) in [5.74, 6) is 0.197. The van der Waals surface area contributed by atoms with Crippen LogP contribution in [0.4, 0.5) is 5.69 Å². The van der Waals surface area contributed by atoms with Gasteiger partial charge in [0, 0.05) is 30.3 Å². The van der Waals surface area contributed by atoms with Crippen molar-refractivity contribution in [2.75, 3.05) is 6.61 Å². The molecule has 214 valence electrons. The molecule has 0 radical (unpaired) electrons. The molecule has 0 atom stereocenters. The van der Waals surface area contributed by atoms with Crippen molar-refractivity contribution in [3.63, 3.8) is 0 Å². The number of para-hydroxylation sites is 2. The number of nitro groups is 1. The maximum atomic E-state index is 13.4. The number of hydrogen-bond donors (Lipinski definition) is 0. The summed E-state index contributed by atoms with van der Waals surface area (Å²) < 4.78 is 13.9. The molecule has 6 aromatic rings. The van der Waals surface area contributed by atoms with Crippen molar-refractivity contribution >= 4 is 34.0 Å². The molecule has 43 heavy (non-hydrogen) atoms. The standard InChI is InChI=1S/C30H22N6O6S/c1-3-41-25-14-13-19(15-23(25)36(39)40)27-20(17-34(32-27)21-9-5-4-6-10-21)16-26-29(38)35-30(43-26)31-28(33-35)22-11-7-8-12-24(22)42-18(2)37/h4-17H,3H2,1-2H3/b26-16-. The molecule has 0 saturated heterocycles. The number of esters is 1. The fraction of sp³-hybridized carbons (Fsp3) is 0.100. The van der Waals surface area contributed by atoms with Gasteiger partial charge < -0.3 is 9.47 Å². The van der Waals surface area contributed by atoms with Crippen molar-refractivity contribution in [1.82, 2.24) is 24.4 Å². The maximum Gasteiger partial charge on any atom is 0.311 e. The van der Waals surface area contributed by atoms with Gasteiger partial charge in [-0.05, 0) is 49.4 Å². The second-order valence-corrected chi connectivity index (χ2v) is 10.2. The lowest BCUT2D eigenvalue weighted by Gasteiger charge is -2.06. The largest absolute Gasteiger partial charge is 0.487 e. The number of carbonyl (C=O) groups excluding carboxylic acids is 1. The van der Waals surface area contributed by atoms with E-state index in [1.165, 1.54) is 17.5 Å². The van der Waals surface area contributed by atoms with Crippen LogP contribution in [0.3, 0.4) is 0 Å². The van der Waals surface area contributed by atoms with E-state index in [0.717, 1.165) is 17.0 Å². The van der Waals surface area contributed by atoms with Gasteiger partial charge in [-0.2, -0.15) is 14.6 Å². The number of nitrogens with zero attached hydrogens (tertiary/aromatic N) is 6. The maximum absolute atomic E-state index is 13.4. The summed E-state index contributed by atoms with van der Waals surface area (Å²) in [6.07, 6.45) is 3.42. The summed E-state index contributed by atoms with van der Waals surface area (Å²) >= 11 is 1.13. The van der Waals surface area contributed by atoms with Crippen molar-refractivity contribution in [3.8, 4) is 39.8 Å². The number of carbonyl (C=O) groups is 1. The number of hydrogen-bond acceptors (Lipinski definition) is 10. The lowest BCUT2D eigenvalue weighted by Crippen LogP contribution is -2.23. The number of rotatable bonds is 8. The van der Waals surface area contributed by atoms with Crippen LogP contribution < -0.4 is 19.6 Å². The molecule has 3 aromatic carbocycles. The minimum absolute atomic E-state index is 0.155. The first-order valence-electron chi connectivity index (χ1n) is 13.1. The molecule has 0 spiro atoms. The van der Waals surface area contributed by atoms with E-state index in [9.17, 15) is 19.7 Å². The van der Waals surface area contributed by atoms with Crippen molar-refractivity contribution in [3.05, 3.63) is 110 Å². The van der Waals surface area contributed by atoms with Gasteiger partial charge in [-0.15, -0.1) is 5.10 Å². The van der Waals surface area contributed by atoms with E-state index < -0.39 is 16.5 Å². The lowest BCUT2D eigenvalue weighted by molar-refractivity contribution is -0.385. The fourth-order valence-corrected chi connectivity index (χ4v) is 5.40. The van der Waals surface area contributed by atoms with E-state index >= 15 is 0 Å². The van der Waals surface area contributed by atoms with Gasteiger partial charge >= 0.3 is 11.7 Å². The Morgan fingerprint density at radius 2 is 1.81 bits per heavy atom. The van der Waals surface area contributed by atoms with Crippen LogP contribution in [0.25, 0.3) is 39.4 Å². The highest BCUT2D eigenvalue weighted by Crippen LogP contribution is 2.34. The zero-order chi connectivity index (χ0) is 30.1. The molecule has 0 saturated carbocycles. The van der Waals surface area contributed by atoms with E-state index in [4.69, 9.17) is 14.6 Å². The first kappa shape index (κ1) is 27.5. The molecule has 12 nitrogen and oxygen atoms in total. The predicted molar refractivity (Wildman–Crippen MR) is 159 cm³/mol. The molecule has 0 N–H and O–H groups in total. The Morgan fingerprint density at radius 1 is 1.05 bits per heavy atom. The summed E-state index contributed by atoms with van der Waals surface area (Å²) in [4.78, 5) is 41.2. The number of benzene rings is 3. The van der Waals surface area contributed by atoms with Gasteiger partial charge in [-0.25, -0.2) is 4.68 Å². The highest BCUT2D eigenvalue weighted by atomic mass is 32.1. The average Bonchev–Trinajstić information content (AvgIpc) is 3.69. The summed E-state index contributed by atoms with van der Waals surface area (Å²) in [6.45, 7) is 3.33. The molecule has 0 bridgehead atoms. The Balaban J connectivity index is 1.48. The molecule has 13 heteroatoms. The quantitative estimate of drug-likeness (QED) is 0.108. The van der Waals surface area contributed by atoms with Crippen LogP contribution in [0, 0.1) is 10.1 Å². The van der Waals surface area contributed by atoms with Gasteiger partial charge in [-0.3, -0.25) is 19.7 Å². The molecule has 0 amide bonds. The Morgan fingerprint density at radius 3 is 2.53 bits per heavy atom. The molecule has 0 unspecified atom stereocenters. The first-order chi connectivity index (χ1) is 20.8. The van der Waals surface area contributed by atoms with Gasteiger partial charge in [0.15, 0.2) is 11.6 Å². The van der Waals surface area contributed by atoms with Crippen molar-refractivity contribution < 1.29 is 19.2 Å². The SMILES string of the molecule is CCOc1ccc(-c2nn(-c3ccccc3)cc2/C=c2\sc3nc(-c4ccccc4OC(C)=O)nn3c2=O)cc1[N+](=O)[O-]. The Labute approximate surface area is 247 Å². The third-order valence-electron chi connectivity index (χ3n) is 6.34. The number of ether oxygens (including phenoxy) is 2. The van der Waals surface area contributed by atoms with E-state index in [0.29, 0.717) is 31.9 Å². The Bertz CT molecular complexity index is 2120. The van der Waals surface area contributed by atoms with E-state index in [-0.39, 0.29) is 29.6 Å². The monoisotopic (exact) mass is 594 g/mol. The van der Waals surface area contributed by atoms with Crippen LogP contribution in [0.2, 0.25) is 0 Å². The van der Waals surface area contributed by atoms with Gasteiger partial charge in [0.25, 0.3) is 5.56 Å². The third kappa shape index (κ3) is 5.36. The third-order valence-corrected chi connectivity index (χ3v) is 7.30. The lowest BCUT2D eigenvalue weighted by atomic mass is 10.1. The molecule has 0 fully saturated rings. The highest BCUT2D eigenvalue weighted by Gasteiger charge is 2.21. The Hall–Kier alpha value is -5.69. The zero-order valence-electron chi connectivity index (χ0n) is 22.8. The molecule has 3 heterocycles. The first-order valence-corrected chi connectivity index (χ1v) is 13.9. The van der Waals surface area contributed by atoms with Crippen molar-refractivity contribution in [1.29, 1.82) is 0 Å². The number of nitro benzene ring substituents is 1. The summed E-state index contributed by atoms with van der Waals surface area (Å²) in [6, 6.07) is 20.8. The fourth-order valence-electron chi connectivity index (χ4n) is 4.50. The number of fused-ring (bicyclic) bond motifs is 1. The zero-order valence-corrected chi connectivity index (χ0v) is 23.6. The summed E-state index contributed by atoms with van der Waals surface area (Å²) in [5, 5.41) is 20.9. The topological polar surface area (TPSA) is 144 Å². The second-order valence-electron chi connectivity index (χ2n) is 9.22. The normalized spacial score (nSPS) is 11.6. The van der Waals surface area contributed by atoms with Crippen LogP contribution >= 0.6 is 11.3 Å². The molecule has 0 aliphatic carbocycles. The molecular weight excluding hydrogens is 572 g/mol. The molecule has 3 aromatic heterocycles. The van der Waals surface area contributed by atoms with Gasteiger partial charge in [-0.1, -0.05) is 41.7 Å². The molecular formula is C30H22N6O6S. The minimum Gasteiger partial charge on any atom is -0.487 e. The van der Waals surface area contributed by atoms with Gasteiger partial charge in [0.05, 0.1) is 27.3 Å². The second kappa shape index (κ2) is 11.3. The van der Waals surface area contributed by atoms with E-state index in [1.54, 1.807) is 60.3 Å². The van der Waals surface area contributed by atoms with Gasteiger partial charge in [0.2, 0.25) is 4.96 Å². The van der Waals surface area contributed by atoms with Crippen molar-refractivity contribution in [2.45, 2.75) is 13.8 Å². The number of thiazole rings is 1. The summed E-state index contributed by atoms with van der Waals surface area (Å²) in [7, 11) is 0. The van der Waals surface area contributed by atoms with Crippen LogP contribution in [0.5, 0.6) is 11.5 Å². The predicted octanol–water partition coefficient (Wildman–Crippen LogP) is 4.45. The Kier molecular flexibility index (Phi) is 7.22. The van der Waals surface area contributed by atoms with Gasteiger partial charge in [0.1, 0.15) is 11.4 Å². The van der Waals surface area contributed by atoms with Crippen LogP contribution in [-0.4, -0.2) is 41.9 Å². The molecule has 6 rings (SSSR count). The van der Waals surface area contributed by atoms with Crippen LogP contribution in [0.1, 0.15) is 19.4 Å². The molecule has 0 aliphatic rings. The van der Waals surface area contributed by atoms with E-state index in [1.807, 2.05) is 30.3 Å². The van der Waals surface area contributed by atoms with Crippen molar-refractivity contribution in [2.24, 2.45) is 0 Å². The number of aromatic nitrogens is 5. The van der Waals surface area contributed by atoms with Crippen LogP contribution in [0.15, 0.2) is 83.8 Å². The minimum atomic E-state index is -0.501. The molecule has 0 aliphatic heterocycles. The highest BCUT2D eigenvalue weighted by molar-refractivity contribution is 7.15. The van der Waals surface area contributed by atoms with E-state index in [2.05, 4.69) is 10.1 Å². The summed E-state index contributed by atoms with van der Waals surface area (Å²) in [5.41, 5.74) is 2.12.